The van der Waals surface area contributed by atoms with E-state index in [4.69, 9.17) is 4.74 Å². The van der Waals surface area contributed by atoms with Crippen molar-refractivity contribution >= 4 is 23.2 Å². The van der Waals surface area contributed by atoms with Gasteiger partial charge in [-0.25, -0.2) is 4.98 Å². The van der Waals surface area contributed by atoms with E-state index in [1.54, 1.807) is 23.3 Å². The average Bonchev–Trinajstić information content (AvgIpc) is 3.16. The van der Waals surface area contributed by atoms with Gasteiger partial charge in [0.1, 0.15) is 10.8 Å². The number of nitrogens with zero attached hydrogens (tertiary/aromatic N) is 2. The molecule has 27 heavy (non-hydrogen) atoms. The van der Waals surface area contributed by atoms with Crippen LogP contribution in [0.25, 0.3) is 0 Å². The van der Waals surface area contributed by atoms with Crippen molar-refractivity contribution in [1.29, 1.82) is 0 Å². The number of para-hydroxylation sites is 1. The predicted molar refractivity (Wildman–Crippen MR) is 104 cm³/mol. The van der Waals surface area contributed by atoms with Crippen LogP contribution >= 0.6 is 11.3 Å². The second-order valence-corrected chi connectivity index (χ2v) is 7.57. The Morgan fingerprint density at radius 3 is 2.96 bits per heavy atom. The monoisotopic (exact) mass is 387 g/mol. The van der Waals surface area contributed by atoms with Crippen molar-refractivity contribution in [3.8, 4) is 5.75 Å². The minimum absolute atomic E-state index is 0.0132. The first-order chi connectivity index (χ1) is 13.1. The molecule has 0 radical (unpaired) electrons. The fraction of sp³-hybridized carbons (Fsp3) is 0.450. The molecule has 1 aliphatic heterocycles. The third-order valence-corrected chi connectivity index (χ3v) is 5.70. The van der Waals surface area contributed by atoms with Crippen LogP contribution in [0.4, 0.5) is 0 Å². The van der Waals surface area contributed by atoms with Crippen molar-refractivity contribution in [2.24, 2.45) is 5.92 Å². The molecular formula is C20H25N3O3S. The van der Waals surface area contributed by atoms with Crippen molar-refractivity contribution in [2.75, 3.05) is 13.7 Å². The summed E-state index contributed by atoms with van der Waals surface area (Å²) in [4.78, 5) is 31.1. The lowest BCUT2D eigenvalue weighted by Gasteiger charge is -2.32. The summed E-state index contributed by atoms with van der Waals surface area (Å²) in [7, 11) is 1.62. The van der Waals surface area contributed by atoms with E-state index in [1.165, 1.54) is 0 Å². The number of aryl methyl sites for hydroxylation is 1. The van der Waals surface area contributed by atoms with Gasteiger partial charge in [-0.1, -0.05) is 25.1 Å². The first-order valence-corrected chi connectivity index (χ1v) is 10.1. The number of piperidine rings is 1. The number of benzene rings is 1. The molecule has 0 aliphatic carbocycles. The van der Waals surface area contributed by atoms with Gasteiger partial charge >= 0.3 is 0 Å². The van der Waals surface area contributed by atoms with Crippen LogP contribution in [0.5, 0.6) is 5.75 Å². The van der Waals surface area contributed by atoms with Gasteiger partial charge in [-0.2, -0.15) is 0 Å². The molecule has 1 unspecified atom stereocenters. The average molecular weight is 388 g/mol. The number of methoxy groups -OCH3 is 1. The lowest BCUT2D eigenvalue weighted by atomic mass is 9.96. The molecule has 0 spiro atoms. The highest BCUT2D eigenvalue weighted by atomic mass is 32.1. The number of carbonyl (C=O) groups is 2. The van der Waals surface area contributed by atoms with Gasteiger partial charge in [0.2, 0.25) is 11.8 Å². The Bertz CT molecular complexity index is 805. The van der Waals surface area contributed by atoms with E-state index >= 15 is 0 Å². The maximum absolute atomic E-state index is 12.6. The van der Waals surface area contributed by atoms with Gasteiger partial charge in [0.15, 0.2) is 0 Å². The standard InChI is InChI=1S/C20H25N3O3S/c1-3-16-13-27-18(22-16)10-21-20(25)15-8-9-19(24)23(12-15)11-14-6-4-5-7-17(14)26-2/h4-7,13,15H,3,8-12H2,1-2H3,(H,21,25). The highest BCUT2D eigenvalue weighted by molar-refractivity contribution is 7.09. The SMILES string of the molecule is CCc1csc(CNC(=O)C2CCC(=O)N(Cc3ccccc3OC)C2)n1. The number of likely N-dealkylation sites (tertiary alicyclic amines) is 1. The molecule has 144 valence electrons. The predicted octanol–water partition coefficient (Wildman–Crippen LogP) is 2.77. The zero-order valence-corrected chi connectivity index (χ0v) is 16.6. The normalized spacial score (nSPS) is 17.0. The van der Waals surface area contributed by atoms with Crippen molar-refractivity contribution in [2.45, 2.75) is 39.3 Å². The van der Waals surface area contributed by atoms with E-state index in [2.05, 4.69) is 17.2 Å². The largest absolute Gasteiger partial charge is 0.496 e. The molecule has 1 fully saturated rings. The number of aromatic nitrogens is 1. The van der Waals surface area contributed by atoms with E-state index in [1.807, 2.05) is 29.6 Å². The fourth-order valence-electron chi connectivity index (χ4n) is 3.22. The van der Waals surface area contributed by atoms with Gasteiger partial charge < -0.3 is 15.0 Å². The Morgan fingerprint density at radius 2 is 2.22 bits per heavy atom. The molecule has 7 heteroatoms. The summed E-state index contributed by atoms with van der Waals surface area (Å²) >= 11 is 1.57. The zero-order chi connectivity index (χ0) is 19.2. The number of ether oxygens (including phenoxy) is 1. The molecule has 0 bridgehead atoms. The number of thiazole rings is 1. The number of carbonyl (C=O) groups excluding carboxylic acids is 2. The molecule has 1 N–H and O–H groups in total. The number of hydrogen-bond acceptors (Lipinski definition) is 5. The summed E-state index contributed by atoms with van der Waals surface area (Å²) < 4.78 is 5.37. The van der Waals surface area contributed by atoms with E-state index < -0.39 is 0 Å². The van der Waals surface area contributed by atoms with Gasteiger partial charge in [-0.05, 0) is 18.9 Å². The third kappa shape index (κ3) is 4.86. The number of rotatable bonds is 7. The molecular weight excluding hydrogens is 362 g/mol. The number of nitrogens with one attached hydrogen (secondary N) is 1. The highest BCUT2D eigenvalue weighted by Gasteiger charge is 2.30. The zero-order valence-electron chi connectivity index (χ0n) is 15.7. The van der Waals surface area contributed by atoms with Gasteiger partial charge in [-0.15, -0.1) is 11.3 Å². The Labute approximate surface area is 163 Å². The lowest BCUT2D eigenvalue weighted by molar-refractivity contribution is -0.139. The van der Waals surface area contributed by atoms with E-state index in [-0.39, 0.29) is 17.7 Å². The van der Waals surface area contributed by atoms with Crippen molar-refractivity contribution in [3.05, 3.63) is 45.9 Å². The van der Waals surface area contributed by atoms with Crippen molar-refractivity contribution < 1.29 is 14.3 Å². The summed E-state index contributed by atoms with van der Waals surface area (Å²) in [6.07, 6.45) is 1.88. The quantitative estimate of drug-likeness (QED) is 0.793. The van der Waals surface area contributed by atoms with E-state index in [0.717, 1.165) is 28.4 Å². The minimum Gasteiger partial charge on any atom is -0.496 e. The molecule has 1 aliphatic rings. The topological polar surface area (TPSA) is 71.5 Å². The molecule has 2 aromatic rings. The fourth-order valence-corrected chi connectivity index (χ4v) is 4.04. The summed E-state index contributed by atoms with van der Waals surface area (Å²) in [5.41, 5.74) is 2.00. The van der Waals surface area contributed by atoms with Crippen LogP contribution in [-0.4, -0.2) is 35.4 Å². The second-order valence-electron chi connectivity index (χ2n) is 6.63. The molecule has 0 saturated carbocycles. The highest BCUT2D eigenvalue weighted by Crippen LogP contribution is 2.24. The van der Waals surface area contributed by atoms with Crippen LogP contribution in [0.1, 0.15) is 36.0 Å². The summed E-state index contributed by atoms with van der Waals surface area (Å²) in [5, 5.41) is 5.91. The Morgan fingerprint density at radius 1 is 1.41 bits per heavy atom. The lowest BCUT2D eigenvalue weighted by Crippen LogP contribution is -2.45. The molecule has 1 saturated heterocycles. The van der Waals surface area contributed by atoms with Crippen LogP contribution in [0.3, 0.4) is 0 Å². The smallest absolute Gasteiger partial charge is 0.225 e. The van der Waals surface area contributed by atoms with Crippen LogP contribution in [-0.2, 0) is 29.1 Å². The van der Waals surface area contributed by atoms with E-state index in [9.17, 15) is 9.59 Å². The van der Waals surface area contributed by atoms with Gasteiger partial charge in [0.25, 0.3) is 0 Å². The van der Waals surface area contributed by atoms with Crippen LogP contribution in [0.15, 0.2) is 29.6 Å². The molecule has 2 heterocycles. The van der Waals surface area contributed by atoms with Gasteiger partial charge in [0, 0.05) is 30.5 Å². The molecule has 1 atom stereocenters. The minimum atomic E-state index is -0.192. The van der Waals surface area contributed by atoms with Crippen LogP contribution < -0.4 is 10.1 Å². The Balaban J connectivity index is 1.58. The van der Waals surface area contributed by atoms with Crippen LogP contribution in [0, 0.1) is 5.92 Å². The van der Waals surface area contributed by atoms with E-state index in [0.29, 0.717) is 32.5 Å². The second kappa shape index (κ2) is 8.99. The van der Waals surface area contributed by atoms with Crippen molar-refractivity contribution in [1.82, 2.24) is 15.2 Å². The maximum atomic E-state index is 12.6. The summed E-state index contributed by atoms with van der Waals surface area (Å²) in [5.74, 6) is 0.633. The van der Waals surface area contributed by atoms with Crippen molar-refractivity contribution in [3.63, 3.8) is 0 Å². The summed E-state index contributed by atoms with van der Waals surface area (Å²) in [6, 6.07) is 7.66. The molecule has 2 amide bonds. The summed E-state index contributed by atoms with van der Waals surface area (Å²) in [6.45, 7) is 3.40. The first kappa shape index (κ1) is 19.4. The molecule has 3 rings (SSSR count). The molecule has 6 nitrogen and oxygen atoms in total. The Hall–Kier alpha value is -2.41. The number of hydrogen-bond donors (Lipinski definition) is 1. The first-order valence-electron chi connectivity index (χ1n) is 9.21. The van der Waals surface area contributed by atoms with Gasteiger partial charge in [0.05, 0.1) is 25.3 Å². The maximum Gasteiger partial charge on any atom is 0.225 e. The van der Waals surface area contributed by atoms with Gasteiger partial charge in [-0.3, -0.25) is 9.59 Å². The molecule has 1 aromatic heterocycles. The molecule has 1 aromatic carbocycles. The third-order valence-electron chi connectivity index (χ3n) is 4.80. The Kier molecular flexibility index (Phi) is 6.45. The number of amides is 2. The van der Waals surface area contributed by atoms with Crippen LogP contribution in [0.2, 0.25) is 0 Å².